The summed E-state index contributed by atoms with van der Waals surface area (Å²) in [6.07, 6.45) is -0.866. The Morgan fingerprint density at radius 1 is 1.38 bits per heavy atom. The van der Waals surface area contributed by atoms with Crippen molar-refractivity contribution in [3.63, 3.8) is 0 Å². The third-order valence-corrected chi connectivity index (χ3v) is 2.64. The quantitative estimate of drug-likeness (QED) is 0.708. The van der Waals surface area contributed by atoms with Crippen LogP contribution in [0.4, 0.5) is 14.9 Å². The zero-order valence-corrected chi connectivity index (χ0v) is 11.7. The summed E-state index contributed by atoms with van der Waals surface area (Å²) >= 11 is 0. The van der Waals surface area contributed by atoms with Gasteiger partial charge in [-0.05, 0) is 12.1 Å². The molecule has 0 radical (unpaired) electrons. The van der Waals surface area contributed by atoms with Crippen molar-refractivity contribution in [1.29, 1.82) is 0 Å². The summed E-state index contributed by atoms with van der Waals surface area (Å²) in [4.78, 5) is 22.1. The molecule has 2 amide bonds. The topological polar surface area (TPSA) is 96.9 Å². The lowest BCUT2D eigenvalue weighted by Gasteiger charge is -2.14. The van der Waals surface area contributed by atoms with Gasteiger partial charge in [-0.15, -0.1) is 0 Å². The lowest BCUT2D eigenvalue weighted by molar-refractivity contribution is -0.139. The van der Waals surface area contributed by atoms with Gasteiger partial charge in [0, 0.05) is 25.4 Å². The van der Waals surface area contributed by atoms with Crippen molar-refractivity contribution in [2.75, 3.05) is 26.1 Å². The average Bonchev–Trinajstić information content (AvgIpc) is 2.43. The number of hydrogen-bond acceptors (Lipinski definition) is 4. The molecule has 7 nitrogen and oxygen atoms in total. The number of rotatable bonds is 7. The molecule has 0 bridgehead atoms. The maximum atomic E-state index is 13.4. The minimum absolute atomic E-state index is 0.0211. The van der Waals surface area contributed by atoms with Gasteiger partial charge < -0.3 is 25.2 Å². The molecule has 0 aromatic heterocycles. The van der Waals surface area contributed by atoms with Crippen LogP contribution in [-0.2, 0) is 9.53 Å². The van der Waals surface area contributed by atoms with Crippen LogP contribution in [0.5, 0.6) is 5.75 Å². The van der Waals surface area contributed by atoms with Gasteiger partial charge in [-0.2, -0.15) is 0 Å². The van der Waals surface area contributed by atoms with Gasteiger partial charge >= 0.3 is 12.0 Å². The van der Waals surface area contributed by atoms with Gasteiger partial charge in [0.15, 0.2) is 11.6 Å². The molecule has 1 aromatic rings. The predicted octanol–water partition coefficient (Wildman–Crippen LogP) is 1.45. The maximum Gasteiger partial charge on any atom is 0.319 e. The van der Waals surface area contributed by atoms with E-state index in [2.05, 4.69) is 10.6 Å². The number of carbonyl (C=O) groups is 2. The van der Waals surface area contributed by atoms with Gasteiger partial charge in [-0.25, -0.2) is 9.18 Å². The van der Waals surface area contributed by atoms with Crippen LogP contribution in [0.3, 0.4) is 0 Å². The van der Waals surface area contributed by atoms with Crippen LogP contribution in [-0.4, -0.2) is 44.0 Å². The van der Waals surface area contributed by atoms with E-state index in [1.165, 1.54) is 26.4 Å². The van der Waals surface area contributed by atoms with Gasteiger partial charge in [0.05, 0.1) is 19.6 Å². The molecule has 1 aromatic carbocycles. The summed E-state index contributed by atoms with van der Waals surface area (Å²) in [5.74, 6) is -1.56. The molecule has 0 aliphatic heterocycles. The number of benzene rings is 1. The molecule has 1 unspecified atom stereocenters. The van der Waals surface area contributed by atoms with Crippen molar-refractivity contribution < 1.29 is 28.6 Å². The monoisotopic (exact) mass is 300 g/mol. The number of carboxylic acids is 1. The van der Waals surface area contributed by atoms with Crippen molar-refractivity contribution in [2.45, 2.75) is 12.5 Å². The number of methoxy groups -OCH3 is 2. The smallest absolute Gasteiger partial charge is 0.319 e. The van der Waals surface area contributed by atoms with Crippen LogP contribution < -0.4 is 15.4 Å². The third kappa shape index (κ3) is 5.65. The fourth-order valence-electron chi connectivity index (χ4n) is 1.56. The van der Waals surface area contributed by atoms with Crippen LogP contribution in [0, 0.1) is 5.82 Å². The Hall–Kier alpha value is -2.35. The van der Waals surface area contributed by atoms with Gasteiger partial charge in [0.2, 0.25) is 0 Å². The first-order valence-electron chi connectivity index (χ1n) is 6.09. The normalized spacial score (nSPS) is 11.6. The standard InChI is InChI=1S/C13H17FN2O5/c1-20-9(6-12(17)18)7-15-13(19)16-8-3-4-11(21-2)10(14)5-8/h3-5,9H,6-7H2,1-2H3,(H,17,18)(H2,15,16,19). The van der Waals surface area contributed by atoms with E-state index < -0.39 is 23.9 Å². The van der Waals surface area contributed by atoms with E-state index in [4.69, 9.17) is 14.6 Å². The second-order valence-electron chi connectivity index (χ2n) is 4.14. The lowest BCUT2D eigenvalue weighted by atomic mass is 10.2. The zero-order valence-electron chi connectivity index (χ0n) is 11.7. The number of urea groups is 1. The highest BCUT2D eigenvalue weighted by atomic mass is 19.1. The van der Waals surface area contributed by atoms with Crippen molar-refractivity contribution in [1.82, 2.24) is 5.32 Å². The highest BCUT2D eigenvalue weighted by molar-refractivity contribution is 5.89. The van der Waals surface area contributed by atoms with E-state index in [1.807, 2.05) is 0 Å². The fourth-order valence-corrected chi connectivity index (χ4v) is 1.56. The number of anilines is 1. The molecule has 3 N–H and O–H groups in total. The zero-order chi connectivity index (χ0) is 15.8. The Bertz CT molecular complexity index is 509. The minimum Gasteiger partial charge on any atom is -0.494 e. The molecule has 21 heavy (non-hydrogen) atoms. The van der Waals surface area contributed by atoms with Crippen molar-refractivity contribution in [2.24, 2.45) is 0 Å². The van der Waals surface area contributed by atoms with Crippen LogP contribution in [0.1, 0.15) is 6.42 Å². The van der Waals surface area contributed by atoms with Gasteiger partial charge in [0.1, 0.15) is 0 Å². The summed E-state index contributed by atoms with van der Waals surface area (Å²) in [7, 11) is 2.69. The average molecular weight is 300 g/mol. The molecule has 116 valence electrons. The van der Waals surface area contributed by atoms with Crippen molar-refractivity contribution in [3.8, 4) is 5.75 Å². The first-order chi connectivity index (χ1) is 9.96. The first-order valence-corrected chi connectivity index (χ1v) is 6.09. The van der Waals surface area contributed by atoms with Crippen LogP contribution in [0.2, 0.25) is 0 Å². The molecule has 1 rings (SSSR count). The number of amides is 2. The molecular weight excluding hydrogens is 283 g/mol. The fraction of sp³-hybridized carbons (Fsp3) is 0.385. The molecule has 0 saturated heterocycles. The van der Waals surface area contributed by atoms with E-state index in [0.29, 0.717) is 0 Å². The molecule has 0 aliphatic rings. The van der Waals surface area contributed by atoms with Crippen LogP contribution in [0.15, 0.2) is 18.2 Å². The molecule has 0 aliphatic carbocycles. The SMILES string of the molecule is COc1ccc(NC(=O)NCC(CC(=O)O)OC)cc1F. The van der Waals surface area contributed by atoms with E-state index in [9.17, 15) is 14.0 Å². The maximum absolute atomic E-state index is 13.4. The predicted molar refractivity (Wildman–Crippen MR) is 73.0 cm³/mol. The summed E-state index contributed by atoms with van der Waals surface area (Å²) < 4.78 is 23.1. The number of aliphatic carboxylic acids is 1. The second kappa shape index (κ2) is 8.05. The van der Waals surface area contributed by atoms with Crippen molar-refractivity contribution in [3.05, 3.63) is 24.0 Å². The Kier molecular flexibility index (Phi) is 6.41. The number of ether oxygens (including phenoxy) is 2. The molecule has 0 spiro atoms. The van der Waals surface area contributed by atoms with Gasteiger partial charge in [-0.3, -0.25) is 4.79 Å². The summed E-state index contributed by atoms with van der Waals surface area (Å²) in [6, 6.07) is 3.38. The first kappa shape index (κ1) is 16.7. The molecule has 0 fully saturated rings. The third-order valence-electron chi connectivity index (χ3n) is 2.64. The van der Waals surface area contributed by atoms with Crippen LogP contribution >= 0.6 is 0 Å². The summed E-state index contributed by atoms with van der Waals surface area (Å²) in [5, 5.41) is 13.5. The van der Waals surface area contributed by atoms with Crippen molar-refractivity contribution >= 4 is 17.7 Å². The lowest BCUT2D eigenvalue weighted by Crippen LogP contribution is -2.37. The Morgan fingerprint density at radius 2 is 2.10 bits per heavy atom. The van der Waals surface area contributed by atoms with Gasteiger partial charge in [0.25, 0.3) is 0 Å². The Balaban J connectivity index is 2.50. The number of carboxylic acid groups (broad SMARTS) is 1. The molecular formula is C13H17FN2O5. The highest BCUT2D eigenvalue weighted by Gasteiger charge is 2.13. The Labute approximate surface area is 121 Å². The highest BCUT2D eigenvalue weighted by Crippen LogP contribution is 2.20. The van der Waals surface area contributed by atoms with E-state index in [0.717, 1.165) is 6.07 Å². The van der Waals surface area contributed by atoms with E-state index in [1.54, 1.807) is 0 Å². The second-order valence-corrected chi connectivity index (χ2v) is 4.14. The number of halogens is 1. The molecule has 8 heteroatoms. The van der Waals surface area contributed by atoms with E-state index in [-0.39, 0.29) is 24.4 Å². The largest absolute Gasteiger partial charge is 0.494 e. The number of nitrogens with one attached hydrogen (secondary N) is 2. The number of carbonyl (C=O) groups excluding carboxylic acids is 1. The van der Waals surface area contributed by atoms with Crippen LogP contribution in [0.25, 0.3) is 0 Å². The molecule has 1 atom stereocenters. The summed E-state index contributed by atoms with van der Waals surface area (Å²) in [6.45, 7) is 0.0211. The van der Waals surface area contributed by atoms with Gasteiger partial charge in [-0.1, -0.05) is 0 Å². The molecule has 0 saturated carbocycles. The molecule has 0 heterocycles. The Morgan fingerprint density at radius 3 is 2.62 bits per heavy atom. The minimum atomic E-state index is -1.03. The van der Waals surface area contributed by atoms with E-state index >= 15 is 0 Å². The summed E-state index contributed by atoms with van der Waals surface area (Å²) in [5.41, 5.74) is 0.248. The number of hydrogen-bond donors (Lipinski definition) is 3.